The molecule has 1 aliphatic heterocycles. The van der Waals surface area contributed by atoms with E-state index in [0.29, 0.717) is 23.7 Å². The molecule has 2 aromatic rings. The summed E-state index contributed by atoms with van der Waals surface area (Å²) in [5, 5.41) is 14.0. The van der Waals surface area contributed by atoms with Gasteiger partial charge in [0.1, 0.15) is 9.90 Å². The first kappa shape index (κ1) is 21.2. The van der Waals surface area contributed by atoms with Crippen LogP contribution in [0.4, 0.5) is 11.4 Å². The molecule has 9 nitrogen and oxygen atoms in total. The number of nitrogens with one attached hydrogen (secondary N) is 1. The van der Waals surface area contributed by atoms with Gasteiger partial charge in [-0.1, -0.05) is 0 Å². The number of rotatable bonds is 7. The van der Waals surface area contributed by atoms with Crippen LogP contribution in [0.15, 0.2) is 34.5 Å². The lowest BCUT2D eigenvalue weighted by molar-refractivity contribution is -0.384. The van der Waals surface area contributed by atoms with Crippen LogP contribution in [0.25, 0.3) is 0 Å². The van der Waals surface area contributed by atoms with E-state index in [1.54, 1.807) is 31.1 Å². The van der Waals surface area contributed by atoms with Crippen LogP contribution in [0.3, 0.4) is 0 Å². The van der Waals surface area contributed by atoms with E-state index in [4.69, 9.17) is 0 Å². The first-order valence-corrected chi connectivity index (χ1v) is 11.3. The molecule has 11 heteroatoms. The van der Waals surface area contributed by atoms with Crippen molar-refractivity contribution in [2.75, 3.05) is 32.1 Å². The molecule has 0 radical (unpaired) electrons. The van der Waals surface area contributed by atoms with Gasteiger partial charge in [-0.05, 0) is 37.1 Å². The van der Waals surface area contributed by atoms with Gasteiger partial charge in [-0.15, -0.1) is 11.3 Å². The van der Waals surface area contributed by atoms with Crippen molar-refractivity contribution in [1.29, 1.82) is 0 Å². The van der Waals surface area contributed by atoms with Gasteiger partial charge in [-0.25, -0.2) is 8.42 Å². The highest BCUT2D eigenvalue weighted by molar-refractivity contribution is 7.91. The summed E-state index contributed by atoms with van der Waals surface area (Å²) in [6, 6.07) is 7.51. The minimum absolute atomic E-state index is 0.141. The largest absolute Gasteiger partial charge is 0.372 e. The normalized spacial score (nSPS) is 14.7. The Kier molecular flexibility index (Phi) is 6.20. The third-order valence-electron chi connectivity index (χ3n) is 4.64. The maximum Gasteiger partial charge on any atom is 0.293 e. The maximum absolute atomic E-state index is 12.6. The van der Waals surface area contributed by atoms with Crippen LogP contribution < -0.4 is 10.2 Å². The van der Waals surface area contributed by atoms with E-state index in [1.165, 1.54) is 22.5 Å². The second-order valence-corrected chi connectivity index (χ2v) is 10.2. The molecule has 3 rings (SSSR count). The van der Waals surface area contributed by atoms with Crippen molar-refractivity contribution in [3.8, 4) is 0 Å². The number of carbonyl (C=O) groups excluding carboxylic acids is 1. The number of hydrogen-bond donors (Lipinski definition) is 1. The molecule has 0 atom stereocenters. The molecular weight excluding hydrogens is 416 g/mol. The highest BCUT2D eigenvalue weighted by Gasteiger charge is 2.28. The second kappa shape index (κ2) is 8.47. The number of carbonyl (C=O) groups is 1. The zero-order chi connectivity index (χ0) is 21.2. The van der Waals surface area contributed by atoms with E-state index in [9.17, 15) is 23.3 Å². The van der Waals surface area contributed by atoms with E-state index in [1.807, 2.05) is 0 Å². The average Bonchev–Trinajstić information content (AvgIpc) is 3.37. The first-order chi connectivity index (χ1) is 13.7. The van der Waals surface area contributed by atoms with Gasteiger partial charge in [0.25, 0.3) is 21.6 Å². The summed E-state index contributed by atoms with van der Waals surface area (Å²) in [7, 11) is -0.103. The predicted molar refractivity (Wildman–Crippen MR) is 111 cm³/mol. The fourth-order valence-electron chi connectivity index (χ4n) is 3.11. The van der Waals surface area contributed by atoms with Crippen LogP contribution in [-0.4, -0.2) is 50.7 Å². The maximum atomic E-state index is 12.6. The number of sulfonamides is 1. The van der Waals surface area contributed by atoms with E-state index in [2.05, 4.69) is 5.32 Å². The number of hydrogen-bond acceptors (Lipinski definition) is 7. The average molecular weight is 439 g/mol. The van der Waals surface area contributed by atoms with Crippen molar-refractivity contribution in [1.82, 2.24) is 9.62 Å². The van der Waals surface area contributed by atoms with Gasteiger partial charge in [0.05, 0.1) is 11.5 Å². The number of nitro benzene ring substituents is 1. The van der Waals surface area contributed by atoms with E-state index in [0.717, 1.165) is 24.2 Å². The quantitative estimate of drug-likeness (QED) is 0.525. The molecule has 156 valence electrons. The van der Waals surface area contributed by atoms with Gasteiger partial charge in [0.15, 0.2) is 0 Å². The number of nitro groups is 1. The van der Waals surface area contributed by atoms with E-state index >= 15 is 0 Å². The van der Waals surface area contributed by atoms with Crippen molar-refractivity contribution >= 4 is 38.6 Å². The SMILES string of the molecule is CN(C)c1ccc(C(=O)NCc2ccc(S(=O)(=O)N3CCCC3)s2)cc1[N+](=O)[O-]. The molecule has 1 saturated heterocycles. The van der Waals surface area contributed by atoms with E-state index < -0.39 is 20.9 Å². The molecule has 0 unspecified atom stereocenters. The topological polar surface area (TPSA) is 113 Å². The van der Waals surface area contributed by atoms with Gasteiger partial charge < -0.3 is 10.2 Å². The zero-order valence-electron chi connectivity index (χ0n) is 16.1. The lowest BCUT2D eigenvalue weighted by Crippen LogP contribution is -2.27. The lowest BCUT2D eigenvalue weighted by Gasteiger charge is -2.13. The number of anilines is 1. The highest BCUT2D eigenvalue weighted by Crippen LogP contribution is 2.29. The van der Waals surface area contributed by atoms with Crippen LogP contribution in [0, 0.1) is 10.1 Å². The Bertz CT molecular complexity index is 1030. The molecule has 1 fully saturated rings. The number of benzene rings is 1. The van der Waals surface area contributed by atoms with Crippen molar-refractivity contribution in [2.45, 2.75) is 23.6 Å². The smallest absolute Gasteiger partial charge is 0.293 e. The van der Waals surface area contributed by atoms with Crippen LogP contribution in [0.5, 0.6) is 0 Å². The summed E-state index contributed by atoms with van der Waals surface area (Å²) in [6.45, 7) is 1.21. The molecule has 0 aliphatic carbocycles. The minimum atomic E-state index is -3.48. The van der Waals surface area contributed by atoms with Gasteiger partial charge in [-0.2, -0.15) is 4.31 Å². The third-order valence-corrected chi connectivity index (χ3v) is 8.09. The Hall–Kier alpha value is -2.50. The Morgan fingerprint density at radius 1 is 1.24 bits per heavy atom. The number of amides is 1. The van der Waals surface area contributed by atoms with Gasteiger partial charge >= 0.3 is 0 Å². The Balaban J connectivity index is 1.69. The van der Waals surface area contributed by atoms with Crippen LogP contribution in [0.1, 0.15) is 28.1 Å². The Labute approximate surface area is 173 Å². The summed E-state index contributed by atoms with van der Waals surface area (Å²) in [5.41, 5.74) is 0.420. The lowest BCUT2D eigenvalue weighted by atomic mass is 10.1. The molecule has 0 saturated carbocycles. The molecular formula is C18H22N4O5S2. The molecule has 1 aromatic carbocycles. The molecule has 1 aliphatic rings. The third kappa shape index (κ3) is 4.57. The molecule has 0 spiro atoms. The molecule has 29 heavy (non-hydrogen) atoms. The minimum Gasteiger partial charge on any atom is -0.372 e. The zero-order valence-corrected chi connectivity index (χ0v) is 17.8. The molecule has 2 heterocycles. The van der Waals surface area contributed by atoms with Crippen molar-refractivity contribution in [3.05, 3.63) is 50.9 Å². The van der Waals surface area contributed by atoms with E-state index in [-0.39, 0.29) is 22.0 Å². The summed E-state index contributed by atoms with van der Waals surface area (Å²) < 4.78 is 26.9. The number of thiophene rings is 1. The molecule has 1 N–H and O–H groups in total. The fourth-order valence-corrected chi connectivity index (χ4v) is 6.07. The number of nitrogens with zero attached hydrogens (tertiary/aromatic N) is 3. The van der Waals surface area contributed by atoms with Crippen LogP contribution in [-0.2, 0) is 16.6 Å². The van der Waals surface area contributed by atoms with Crippen LogP contribution in [0.2, 0.25) is 0 Å². The fraction of sp³-hybridized carbons (Fsp3) is 0.389. The van der Waals surface area contributed by atoms with Gasteiger partial charge in [0.2, 0.25) is 0 Å². The standard InChI is InChI=1S/C18H22N4O5S2/c1-20(2)15-7-5-13(11-16(15)22(24)25)18(23)19-12-14-6-8-17(28-14)29(26,27)21-9-3-4-10-21/h5-8,11H,3-4,9-10,12H2,1-2H3,(H,19,23). The Morgan fingerprint density at radius 2 is 1.93 bits per heavy atom. The highest BCUT2D eigenvalue weighted by atomic mass is 32.2. The first-order valence-electron chi connectivity index (χ1n) is 9.03. The molecule has 1 amide bonds. The van der Waals surface area contributed by atoms with Crippen molar-refractivity contribution in [2.24, 2.45) is 0 Å². The van der Waals surface area contributed by atoms with Gasteiger partial charge in [-0.3, -0.25) is 14.9 Å². The monoisotopic (exact) mass is 438 g/mol. The van der Waals surface area contributed by atoms with Crippen LogP contribution >= 0.6 is 11.3 Å². The summed E-state index contributed by atoms with van der Waals surface area (Å²) in [4.78, 5) is 25.5. The van der Waals surface area contributed by atoms with Crippen molar-refractivity contribution < 1.29 is 18.1 Å². The second-order valence-electron chi connectivity index (χ2n) is 6.87. The Morgan fingerprint density at radius 3 is 2.55 bits per heavy atom. The molecule has 0 bridgehead atoms. The summed E-state index contributed by atoms with van der Waals surface area (Å²) in [6.07, 6.45) is 1.73. The van der Waals surface area contributed by atoms with Crippen molar-refractivity contribution in [3.63, 3.8) is 0 Å². The predicted octanol–water partition coefficient (Wildman–Crippen LogP) is 2.44. The summed E-state index contributed by atoms with van der Waals surface area (Å²) >= 11 is 1.12. The van der Waals surface area contributed by atoms with Gasteiger partial charge in [0, 0.05) is 43.7 Å². The summed E-state index contributed by atoms with van der Waals surface area (Å²) in [5.74, 6) is -0.462. The molecule has 1 aromatic heterocycles.